The Bertz CT molecular complexity index is 996. The highest BCUT2D eigenvalue weighted by molar-refractivity contribution is 7.89. The summed E-state index contributed by atoms with van der Waals surface area (Å²) < 4.78 is 26.4. The van der Waals surface area contributed by atoms with Gasteiger partial charge in [-0.2, -0.15) is 4.31 Å². The first kappa shape index (κ1) is 18.3. The van der Waals surface area contributed by atoms with Gasteiger partial charge in [-0.25, -0.2) is 18.4 Å². The number of benzene rings is 2. The first-order valence-electron chi connectivity index (χ1n) is 8.40. The predicted octanol–water partition coefficient (Wildman–Crippen LogP) is 3.27. The van der Waals surface area contributed by atoms with Crippen LogP contribution in [-0.4, -0.2) is 35.8 Å². The molecule has 1 N–H and O–H groups in total. The van der Waals surface area contributed by atoms with Crippen LogP contribution in [0, 0.1) is 0 Å². The summed E-state index contributed by atoms with van der Waals surface area (Å²) >= 11 is 0. The van der Waals surface area contributed by atoms with Crippen molar-refractivity contribution >= 4 is 26.7 Å². The van der Waals surface area contributed by atoms with Crippen LogP contribution in [0.1, 0.15) is 19.4 Å². The number of aromatic nitrogens is 2. The van der Waals surface area contributed by atoms with Crippen molar-refractivity contribution in [2.45, 2.75) is 31.3 Å². The molecule has 0 aliphatic rings. The Morgan fingerprint density at radius 3 is 2.42 bits per heavy atom. The van der Waals surface area contributed by atoms with Crippen LogP contribution in [0.2, 0.25) is 0 Å². The topological polar surface area (TPSA) is 75.2 Å². The Balaban J connectivity index is 1.76. The van der Waals surface area contributed by atoms with Crippen LogP contribution < -0.4 is 5.32 Å². The van der Waals surface area contributed by atoms with Crippen molar-refractivity contribution in [1.29, 1.82) is 0 Å². The van der Waals surface area contributed by atoms with Gasteiger partial charge in [0.15, 0.2) is 0 Å². The molecule has 3 rings (SSSR count). The van der Waals surface area contributed by atoms with E-state index in [2.05, 4.69) is 15.3 Å². The van der Waals surface area contributed by atoms with Gasteiger partial charge in [0.1, 0.15) is 12.1 Å². The largest absolute Gasteiger partial charge is 0.365 e. The fraction of sp³-hybridized carbons (Fsp3) is 0.263. The molecule has 0 unspecified atom stereocenters. The first-order chi connectivity index (χ1) is 12.4. The van der Waals surface area contributed by atoms with Crippen LogP contribution in [0.15, 0.2) is 59.8 Å². The SMILES string of the molecule is CC(C)N(C)S(=O)(=O)c1ccc(CNc2ncnc3ccccc23)cc1. The predicted molar refractivity (Wildman–Crippen MR) is 103 cm³/mol. The van der Waals surface area contributed by atoms with Crippen LogP contribution in [0.5, 0.6) is 0 Å². The van der Waals surface area contributed by atoms with E-state index in [0.717, 1.165) is 22.3 Å². The lowest BCUT2D eigenvalue weighted by atomic mass is 10.2. The summed E-state index contributed by atoms with van der Waals surface area (Å²) in [6.45, 7) is 4.24. The zero-order chi connectivity index (χ0) is 18.7. The van der Waals surface area contributed by atoms with Gasteiger partial charge in [0.05, 0.1) is 10.4 Å². The Kier molecular flexibility index (Phi) is 5.20. The molecule has 0 fully saturated rings. The molecule has 0 amide bonds. The minimum Gasteiger partial charge on any atom is -0.365 e. The minimum absolute atomic E-state index is 0.0904. The van der Waals surface area contributed by atoms with Gasteiger partial charge in [-0.15, -0.1) is 0 Å². The number of sulfonamides is 1. The standard InChI is InChI=1S/C19H22N4O2S/c1-14(2)23(3)26(24,25)16-10-8-15(9-11-16)12-20-19-17-6-4-5-7-18(17)21-13-22-19/h4-11,13-14H,12H2,1-3H3,(H,20,21,22). The molecule has 0 spiro atoms. The Hall–Kier alpha value is -2.51. The molecule has 26 heavy (non-hydrogen) atoms. The van der Waals surface area contributed by atoms with Gasteiger partial charge in [0, 0.05) is 25.0 Å². The molecule has 6 nitrogen and oxygen atoms in total. The van der Waals surface area contributed by atoms with Gasteiger partial charge in [-0.3, -0.25) is 0 Å². The zero-order valence-electron chi connectivity index (χ0n) is 15.0. The molecule has 0 saturated heterocycles. The third-order valence-corrected chi connectivity index (χ3v) is 6.38. The number of nitrogens with zero attached hydrogens (tertiary/aromatic N) is 3. The van der Waals surface area contributed by atoms with Gasteiger partial charge < -0.3 is 5.32 Å². The fourth-order valence-electron chi connectivity index (χ4n) is 2.55. The molecule has 0 saturated carbocycles. The van der Waals surface area contributed by atoms with Crippen molar-refractivity contribution in [1.82, 2.24) is 14.3 Å². The Morgan fingerprint density at radius 2 is 1.73 bits per heavy atom. The molecule has 7 heteroatoms. The summed E-state index contributed by atoms with van der Waals surface area (Å²) in [6, 6.07) is 14.6. The van der Waals surface area contributed by atoms with Crippen molar-refractivity contribution < 1.29 is 8.42 Å². The summed E-state index contributed by atoms with van der Waals surface area (Å²) in [5.41, 5.74) is 1.85. The monoisotopic (exact) mass is 370 g/mol. The second-order valence-corrected chi connectivity index (χ2v) is 8.35. The highest BCUT2D eigenvalue weighted by Crippen LogP contribution is 2.20. The molecule has 1 aromatic heterocycles. The number of para-hydroxylation sites is 1. The summed E-state index contributed by atoms with van der Waals surface area (Å²) in [5.74, 6) is 0.756. The maximum absolute atomic E-state index is 12.5. The Morgan fingerprint density at radius 1 is 1.04 bits per heavy atom. The number of hydrogen-bond acceptors (Lipinski definition) is 5. The summed E-state index contributed by atoms with van der Waals surface area (Å²) in [4.78, 5) is 8.84. The molecule has 0 aliphatic carbocycles. The van der Waals surface area contributed by atoms with E-state index >= 15 is 0 Å². The van der Waals surface area contributed by atoms with E-state index in [1.54, 1.807) is 19.2 Å². The number of nitrogens with one attached hydrogen (secondary N) is 1. The third-order valence-electron chi connectivity index (χ3n) is 4.33. The van der Waals surface area contributed by atoms with Crippen LogP contribution in [-0.2, 0) is 16.6 Å². The molecule has 3 aromatic rings. The van der Waals surface area contributed by atoms with Crippen molar-refractivity contribution in [2.75, 3.05) is 12.4 Å². The lowest BCUT2D eigenvalue weighted by Gasteiger charge is -2.21. The van der Waals surface area contributed by atoms with E-state index in [0.29, 0.717) is 11.4 Å². The maximum Gasteiger partial charge on any atom is 0.243 e. The van der Waals surface area contributed by atoms with Gasteiger partial charge in [-0.05, 0) is 43.7 Å². The van der Waals surface area contributed by atoms with Crippen molar-refractivity contribution in [3.63, 3.8) is 0 Å². The van der Waals surface area contributed by atoms with Gasteiger partial charge >= 0.3 is 0 Å². The number of rotatable bonds is 6. The molecule has 0 bridgehead atoms. The van der Waals surface area contributed by atoms with E-state index in [-0.39, 0.29) is 6.04 Å². The highest BCUT2D eigenvalue weighted by Gasteiger charge is 2.22. The van der Waals surface area contributed by atoms with E-state index in [1.807, 2.05) is 50.2 Å². The first-order valence-corrected chi connectivity index (χ1v) is 9.84. The van der Waals surface area contributed by atoms with Gasteiger partial charge in [-0.1, -0.05) is 24.3 Å². The van der Waals surface area contributed by atoms with Crippen LogP contribution >= 0.6 is 0 Å². The third kappa shape index (κ3) is 3.68. The fourth-order valence-corrected chi connectivity index (χ4v) is 3.92. The lowest BCUT2D eigenvalue weighted by Crippen LogP contribution is -2.33. The van der Waals surface area contributed by atoms with E-state index in [1.165, 1.54) is 10.6 Å². The zero-order valence-corrected chi connectivity index (χ0v) is 15.9. The van der Waals surface area contributed by atoms with Gasteiger partial charge in [0.2, 0.25) is 10.0 Å². The quantitative estimate of drug-likeness (QED) is 0.721. The van der Waals surface area contributed by atoms with Crippen molar-refractivity contribution in [3.05, 3.63) is 60.4 Å². The van der Waals surface area contributed by atoms with Crippen molar-refractivity contribution in [3.8, 4) is 0 Å². The summed E-state index contributed by atoms with van der Waals surface area (Å²) in [7, 11) is -1.87. The molecular weight excluding hydrogens is 348 g/mol. The second kappa shape index (κ2) is 7.39. The van der Waals surface area contributed by atoms with E-state index in [4.69, 9.17) is 0 Å². The van der Waals surface area contributed by atoms with E-state index in [9.17, 15) is 8.42 Å². The minimum atomic E-state index is -3.46. The van der Waals surface area contributed by atoms with Crippen LogP contribution in [0.3, 0.4) is 0 Å². The molecule has 136 valence electrons. The van der Waals surface area contributed by atoms with Crippen molar-refractivity contribution in [2.24, 2.45) is 0 Å². The van der Waals surface area contributed by atoms with Crippen LogP contribution in [0.4, 0.5) is 5.82 Å². The molecule has 0 atom stereocenters. The normalized spacial score (nSPS) is 12.0. The molecular formula is C19H22N4O2S. The summed E-state index contributed by atoms with van der Waals surface area (Å²) in [5, 5.41) is 4.24. The Labute approximate surface area is 154 Å². The smallest absolute Gasteiger partial charge is 0.243 e. The van der Waals surface area contributed by atoms with Crippen LogP contribution in [0.25, 0.3) is 10.9 Å². The molecule has 2 aromatic carbocycles. The molecule has 0 aliphatic heterocycles. The number of fused-ring (bicyclic) bond motifs is 1. The molecule has 0 radical (unpaired) electrons. The number of anilines is 1. The number of hydrogen-bond donors (Lipinski definition) is 1. The highest BCUT2D eigenvalue weighted by atomic mass is 32.2. The van der Waals surface area contributed by atoms with Gasteiger partial charge in [0.25, 0.3) is 0 Å². The van der Waals surface area contributed by atoms with E-state index < -0.39 is 10.0 Å². The summed E-state index contributed by atoms with van der Waals surface area (Å²) in [6.07, 6.45) is 1.53. The average Bonchev–Trinajstić information content (AvgIpc) is 2.66. The molecule has 1 heterocycles. The maximum atomic E-state index is 12.5. The average molecular weight is 370 g/mol. The lowest BCUT2D eigenvalue weighted by molar-refractivity contribution is 0.410. The second-order valence-electron chi connectivity index (χ2n) is 6.35.